The van der Waals surface area contributed by atoms with E-state index in [-0.39, 0.29) is 0 Å². The fourth-order valence-electron chi connectivity index (χ4n) is 12.1. The minimum absolute atomic E-state index is 0.921. The maximum absolute atomic E-state index is 6.30. The van der Waals surface area contributed by atoms with Gasteiger partial charge in [0.25, 0.3) is 0 Å². The molecule has 0 N–H and O–H groups in total. The van der Waals surface area contributed by atoms with Crippen molar-refractivity contribution in [2.75, 3.05) is 0 Å². The van der Waals surface area contributed by atoms with Crippen molar-refractivity contribution in [1.82, 2.24) is 0 Å². The molecule has 0 saturated carbocycles. The summed E-state index contributed by atoms with van der Waals surface area (Å²) in [6.07, 6.45) is 0. The van der Waals surface area contributed by atoms with Gasteiger partial charge in [-0.1, -0.05) is 272 Å². The van der Waals surface area contributed by atoms with Crippen molar-refractivity contribution in [3.8, 4) is 44.5 Å². The zero-order valence-corrected chi connectivity index (χ0v) is 46.2. The zero-order valence-electron chi connectivity index (χ0n) is 46.2. The Bertz CT molecular complexity index is 4460. The Morgan fingerprint density at radius 2 is 0.438 bits per heavy atom. The molecule has 0 unspecified atom stereocenters. The van der Waals surface area contributed by atoms with E-state index in [2.05, 4.69) is 267 Å². The van der Waals surface area contributed by atoms with Crippen LogP contribution in [0.3, 0.4) is 0 Å². The molecule has 0 aliphatic carbocycles. The Balaban J connectivity index is 0.000000146. The molecule has 0 atom stereocenters. The molecule has 14 aromatic carbocycles. The maximum atomic E-state index is 6.30. The number of furan rings is 2. The first-order valence-corrected chi connectivity index (χ1v) is 28.4. The van der Waals surface area contributed by atoms with Gasteiger partial charge in [0.2, 0.25) is 0 Å². The average molecular weight is 1030 g/mol. The topological polar surface area (TPSA) is 26.3 Å². The molecule has 0 aliphatic heterocycles. The fraction of sp³-hybridized carbons (Fsp3) is 0.0769. The predicted octanol–water partition coefficient (Wildman–Crippen LogP) is 23.8. The highest BCUT2D eigenvalue weighted by atomic mass is 16.3. The number of hydrogen-bond donors (Lipinski definition) is 0. The Morgan fingerprint density at radius 3 is 0.750 bits per heavy atom. The normalized spacial score (nSPS) is 11.1. The van der Waals surface area contributed by atoms with Gasteiger partial charge in [-0.15, -0.1) is 0 Å². The van der Waals surface area contributed by atoms with Crippen LogP contribution in [0.15, 0.2) is 276 Å². The summed E-state index contributed by atoms with van der Waals surface area (Å²) in [6.45, 7) is 12.0. The zero-order chi connectivity index (χ0) is 54.7. The largest absolute Gasteiger partial charge is 0.456 e. The van der Waals surface area contributed by atoms with Gasteiger partial charge in [0.15, 0.2) is 0 Å². The molecule has 2 heterocycles. The third-order valence-corrected chi connectivity index (χ3v) is 15.3. The van der Waals surface area contributed by atoms with Gasteiger partial charge < -0.3 is 8.83 Å². The second-order valence-corrected chi connectivity index (χ2v) is 19.4. The molecule has 80 heavy (non-hydrogen) atoms. The van der Waals surface area contributed by atoms with Crippen LogP contribution in [0, 0.1) is 0 Å². The van der Waals surface area contributed by atoms with Crippen LogP contribution in [0.2, 0.25) is 0 Å². The summed E-state index contributed by atoms with van der Waals surface area (Å²) >= 11 is 0. The third kappa shape index (κ3) is 8.71. The van der Waals surface area contributed by atoms with Gasteiger partial charge in [-0.25, -0.2) is 0 Å². The molecule has 2 heteroatoms. The van der Waals surface area contributed by atoms with Crippen molar-refractivity contribution in [3.63, 3.8) is 0 Å². The SMILES string of the molecule is CC.CC.CC.c1ccc(-c2c3ccccc3c(-c3ccc4oc5ccc6ccccc6c5c4c3)c3ccccc23)cc1.c1ccc(-c2c3ccccc3c(-c3ccc4oc5ccc6ccccc6c5c4c3)c3ccccc23)cc1. The van der Waals surface area contributed by atoms with Crippen LogP contribution in [0.4, 0.5) is 0 Å². The van der Waals surface area contributed by atoms with E-state index in [0.717, 1.165) is 33.1 Å². The van der Waals surface area contributed by atoms with E-state index in [1.165, 1.54) is 120 Å². The van der Waals surface area contributed by atoms with Crippen LogP contribution in [-0.2, 0) is 0 Å². The summed E-state index contributed by atoms with van der Waals surface area (Å²) in [7, 11) is 0. The van der Waals surface area contributed by atoms with Crippen molar-refractivity contribution in [3.05, 3.63) is 267 Å². The molecular formula is C78H62O2. The monoisotopic (exact) mass is 1030 g/mol. The maximum Gasteiger partial charge on any atom is 0.136 e. The van der Waals surface area contributed by atoms with E-state index >= 15 is 0 Å². The summed E-state index contributed by atoms with van der Waals surface area (Å²) in [5, 5.41) is 19.7. The smallest absolute Gasteiger partial charge is 0.136 e. The summed E-state index contributed by atoms with van der Waals surface area (Å²) in [6, 6.07) is 95.6. The quantitative estimate of drug-likeness (QED) is 0.164. The van der Waals surface area contributed by atoms with Crippen LogP contribution in [-0.4, -0.2) is 0 Å². The molecule has 0 fully saturated rings. The van der Waals surface area contributed by atoms with Gasteiger partial charge in [-0.05, 0) is 146 Å². The Hall–Kier alpha value is -9.76. The second-order valence-electron chi connectivity index (χ2n) is 19.4. The van der Waals surface area contributed by atoms with Crippen LogP contribution >= 0.6 is 0 Å². The highest BCUT2D eigenvalue weighted by Gasteiger charge is 2.21. The minimum atomic E-state index is 0.921. The Kier molecular flexibility index (Phi) is 14.2. The number of hydrogen-bond acceptors (Lipinski definition) is 2. The van der Waals surface area contributed by atoms with Crippen molar-refractivity contribution >= 4 is 109 Å². The molecule has 386 valence electrons. The first-order valence-electron chi connectivity index (χ1n) is 28.4. The Morgan fingerprint density at radius 1 is 0.188 bits per heavy atom. The van der Waals surface area contributed by atoms with Crippen molar-refractivity contribution in [2.45, 2.75) is 41.5 Å². The van der Waals surface area contributed by atoms with E-state index in [4.69, 9.17) is 8.83 Å². The molecule has 0 aliphatic rings. The molecule has 0 saturated heterocycles. The standard InChI is InChI=1S/2C36H22O.3C2H6/c2*1-2-11-24(12-3-1)34-27-14-6-8-16-29(27)35(30-17-9-7-15-28(30)34)25-19-20-32-31(22-25)36-26-13-5-4-10-23(26)18-21-33(36)37-32;3*1-2/h2*1-22H;3*1-2H3. The van der Waals surface area contributed by atoms with Crippen LogP contribution in [0.5, 0.6) is 0 Å². The van der Waals surface area contributed by atoms with Crippen molar-refractivity contribution in [2.24, 2.45) is 0 Å². The average Bonchev–Trinajstić information content (AvgIpc) is 4.25. The number of benzene rings is 14. The lowest BCUT2D eigenvalue weighted by molar-refractivity contribution is 0.669. The van der Waals surface area contributed by atoms with Gasteiger partial charge in [0, 0.05) is 21.5 Å². The lowest BCUT2D eigenvalue weighted by Crippen LogP contribution is -1.90. The first kappa shape index (κ1) is 51.0. The summed E-state index contributed by atoms with van der Waals surface area (Å²) in [5.41, 5.74) is 13.7. The minimum Gasteiger partial charge on any atom is -0.456 e. The molecule has 16 rings (SSSR count). The summed E-state index contributed by atoms with van der Waals surface area (Å²) in [5.74, 6) is 0. The van der Waals surface area contributed by atoms with E-state index in [0.29, 0.717) is 0 Å². The highest BCUT2D eigenvalue weighted by Crippen LogP contribution is 2.47. The number of rotatable bonds is 4. The lowest BCUT2D eigenvalue weighted by Gasteiger charge is -2.17. The molecule has 0 bridgehead atoms. The van der Waals surface area contributed by atoms with Gasteiger partial charge in [-0.2, -0.15) is 0 Å². The molecule has 0 spiro atoms. The lowest BCUT2D eigenvalue weighted by atomic mass is 9.86. The summed E-state index contributed by atoms with van der Waals surface area (Å²) in [4.78, 5) is 0. The Labute approximate surface area is 467 Å². The predicted molar refractivity (Wildman–Crippen MR) is 348 cm³/mol. The van der Waals surface area contributed by atoms with Gasteiger partial charge in [0.05, 0.1) is 0 Å². The second kappa shape index (κ2) is 22.3. The molecule has 2 nitrogen and oxygen atoms in total. The van der Waals surface area contributed by atoms with E-state index < -0.39 is 0 Å². The van der Waals surface area contributed by atoms with Crippen LogP contribution < -0.4 is 0 Å². The number of fused-ring (bicyclic) bond motifs is 14. The van der Waals surface area contributed by atoms with E-state index in [1.807, 2.05) is 41.5 Å². The van der Waals surface area contributed by atoms with E-state index in [9.17, 15) is 0 Å². The van der Waals surface area contributed by atoms with E-state index in [1.54, 1.807) is 0 Å². The fourth-order valence-corrected chi connectivity index (χ4v) is 12.1. The van der Waals surface area contributed by atoms with Gasteiger partial charge >= 0.3 is 0 Å². The van der Waals surface area contributed by atoms with Crippen LogP contribution in [0.1, 0.15) is 41.5 Å². The highest BCUT2D eigenvalue weighted by molar-refractivity contribution is 6.26. The molecule has 0 amide bonds. The van der Waals surface area contributed by atoms with Gasteiger partial charge in [-0.3, -0.25) is 0 Å². The molecule has 16 aromatic rings. The third-order valence-electron chi connectivity index (χ3n) is 15.3. The van der Waals surface area contributed by atoms with Crippen molar-refractivity contribution < 1.29 is 8.83 Å². The van der Waals surface area contributed by atoms with Crippen molar-refractivity contribution in [1.29, 1.82) is 0 Å². The van der Waals surface area contributed by atoms with Crippen LogP contribution in [0.25, 0.3) is 153 Å². The molecule has 0 radical (unpaired) electrons. The molecular weight excluding hydrogens is 969 g/mol. The first-order chi connectivity index (χ1) is 39.7. The van der Waals surface area contributed by atoms with Gasteiger partial charge in [0.1, 0.15) is 22.3 Å². The molecule has 2 aromatic heterocycles. The summed E-state index contributed by atoms with van der Waals surface area (Å²) < 4.78 is 12.6.